The Balaban J connectivity index is 2.08. The molecule has 0 aliphatic heterocycles. The normalized spacial score (nSPS) is 10.5. The summed E-state index contributed by atoms with van der Waals surface area (Å²) in [7, 11) is 1.48. The minimum atomic E-state index is -0.429. The number of benzene rings is 2. The van der Waals surface area contributed by atoms with E-state index in [1.807, 2.05) is 0 Å². The fourth-order valence-corrected chi connectivity index (χ4v) is 1.69. The average Bonchev–Trinajstić information content (AvgIpc) is 2.49. The van der Waals surface area contributed by atoms with E-state index in [0.717, 1.165) is 0 Å². The van der Waals surface area contributed by atoms with Crippen LogP contribution >= 0.6 is 0 Å². The van der Waals surface area contributed by atoms with E-state index < -0.39 is 5.91 Å². The van der Waals surface area contributed by atoms with Gasteiger partial charge in [0, 0.05) is 11.6 Å². The van der Waals surface area contributed by atoms with Gasteiger partial charge < -0.3 is 14.9 Å². The zero-order valence-corrected chi connectivity index (χ0v) is 11.3. The number of rotatable bonds is 4. The molecule has 0 aromatic heterocycles. The van der Waals surface area contributed by atoms with E-state index in [-0.39, 0.29) is 11.5 Å². The minimum Gasteiger partial charge on any atom is -0.508 e. The highest BCUT2D eigenvalue weighted by Crippen LogP contribution is 2.21. The van der Waals surface area contributed by atoms with Gasteiger partial charge in [-0.15, -0.1) is 0 Å². The largest absolute Gasteiger partial charge is 0.508 e. The van der Waals surface area contributed by atoms with Crippen LogP contribution in [0.15, 0.2) is 47.6 Å². The SMILES string of the molecule is COc1ccccc1C(=O)N/N=C\c1ccc(O)cc1O. The molecule has 3 N–H and O–H groups in total. The summed E-state index contributed by atoms with van der Waals surface area (Å²) in [5.74, 6) is -0.173. The van der Waals surface area contributed by atoms with Crippen molar-refractivity contribution in [3.05, 3.63) is 53.6 Å². The molecule has 0 fully saturated rings. The van der Waals surface area contributed by atoms with Crippen LogP contribution in [-0.4, -0.2) is 29.4 Å². The number of phenols is 2. The molecule has 0 saturated heterocycles. The number of carbonyl (C=O) groups is 1. The second kappa shape index (κ2) is 6.42. The highest BCUT2D eigenvalue weighted by Gasteiger charge is 2.10. The molecule has 6 heteroatoms. The van der Waals surface area contributed by atoms with Gasteiger partial charge in [0.05, 0.1) is 18.9 Å². The third-order valence-corrected chi connectivity index (χ3v) is 2.74. The molecular formula is C15H14N2O4. The van der Waals surface area contributed by atoms with Crippen LogP contribution in [0.2, 0.25) is 0 Å². The number of hydrazone groups is 1. The Hall–Kier alpha value is -3.02. The number of carbonyl (C=O) groups excluding carboxylic acids is 1. The van der Waals surface area contributed by atoms with Crippen LogP contribution in [0.5, 0.6) is 17.2 Å². The van der Waals surface area contributed by atoms with Crippen molar-refractivity contribution in [3.8, 4) is 17.2 Å². The Morgan fingerprint density at radius 3 is 2.71 bits per heavy atom. The minimum absolute atomic E-state index is 0.0530. The molecule has 0 unspecified atom stereocenters. The molecular weight excluding hydrogens is 272 g/mol. The van der Waals surface area contributed by atoms with Crippen LogP contribution in [-0.2, 0) is 0 Å². The van der Waals surface area contributed by atoms with Crippen molar-refractivity contribution in [1.82, 2.24) is 5.43 Å². The topological polar surface area (TPSA) is 91.2 Å². The van der Waals surface area contributed by atoms with Crippen LogP contribution in [0.25, 0.3) is 0 Å². The lowest BCUT2D eigenvalue weighted by Gasteiger charge is -2.06. The predicted molar refractivity (Wildman–Crippen MR) is 77.8 cm³/mol. The molecule has 108 valence electrons. The summed E-state index contributed by atoms with van der Waals surface area (Å²) in [6.07, 6.45) is 1.28. The highest BCUT2D eigenvalue weighted by atomic mass is 16.5. The van der Waals surface area contributed by atoms with Gasteiger partial charge in [0.25, 0.3) is 5.91 Å². The molecule has 0 spiro atoms. The van der Waals surface area contributed by atoms with Crippen molar-refractivity contribution >= 4 is 12.1 Å². The monoisotopic (exact) mass is 286 g/mol. The van der Waals surface area contributed by atoms with Crippen LogP contribution < -0.4 is 10.2 Å². The van der Waals surface area contributed by atoms with E-state index in [1.165, 1.54) is 31.5 Å². The maximum atomic E-state index is 11.9. The zero-order valence-electron chi connectivity index (χ0n) is 11.3. The van der Waals surface area contributed by atoms with Gasteiger partial charge in [0.2, 0.25) is 0 Å². The van der Waals surface area contributed by atoms with Crippen molar-refractivity contribution in [1.29, 1.82) is 0 Å². The first-order valence-corrected chi connectivity index (χ1v) is 6.10. The Kier molecular flexibility index (Phi) is 4.40. The summed E-state index contributed by atoms with van der Waals surface area (Å²) in [5.41, 5.74) is 3.06. The van der Waals surface area contributed by atoms with Crippen LogP contribution in [0.3, 0.4) is 0 Å². The van der Waals surface area contributed by atoms with Gasteiger partial charge in [0.1, 0.15) is 17.2 Å². The number of para-hydroxylation sites is 1. The Morgan fingerprint density at radius 1 is 1.24 bits per heavy atom. The standard InChI is InChI=1S/C15H14N2O4/c1-21-14-5-3-2-4-12(14)15(20)17-16-9-10-6-7-11(18)8-13(10)19/h2-9,18-19H,1H3,(H,17,20)/b16-9-. The first kappa shape index (κ1) is 14.4. The highest BCUT2D eigenvalue weighted by molar-refractivity contribution is 5.97. The molecule has 0 aliphatic rings. The van der Waals surface area contributed by atoms with Crippen molar-refractivity contribution in [2.45, 2.75) is 0 Å². The average molecular weight is 286 g/mol. The first-order valence-electron chi connectivity index (χ1n) is 6.10. The third-order valence-electron chi connectivity index (χ3n) is 2.74. The summed E-state index contributed by atoms with van der Waals surface area (Å²) in [5, 5.41) is 22.5. The zero-order chi connectivity index (χ0) is 15.2. The number of nitrogens with one attached hydrogen (secondary N) is 1. The van der Waals surface area contributed by atoms with Crippen molar-refractivity contribution in [2.75, 3.05) is 7.11 Å². The summed E-state index contributed by atoms with van der Waals surface area (Å²) >= 11 is 0. The molecule has 2 rings (SSSR count). The second-order valence-electron chi connectivity index (χ2n) is 4.14. The quantitative estimate of drug-likeness (QED) is 0.591. The predicted octanol–water partition coefficient (Wildman–Crippen LogP) is 1.87. The van der Waals surface area contributed by atoms with Crippen molar-refractivity contribution in [2.24, 2.45) is 5.10 Å². The van der Waals surface area contributed by atoms with Gasteiger partial charge >= 0.3 is 0 Å². The molecule has 1 amide bonds. The number of hydrogen-bond acceptors (Lipinski definition) is 5. The van der Waals surface area contributed by atoms with Gasteiger partial charge in [-0.2, -0.15) is 5.10 Å². The van der Waals surface area contributed by atoms with E-state index in [0.29, 0.717) is 16.9 Å². The summed E-state index contributed by atoms with van der Waals surface area (Å²) in [6, 6.07) is 10.8. The molecule has 21 heavy (non-hydrogen) atoms. The van der Waals surface area contributed by atoms with Gasteiger partial charge in [0.15, 0.2) is 0 Å². The number of hydrogen-bond donors (Lipinski definition) is 3. The third kappa shape index (κ3) is 3.50. The molecule has 0 radical (unpaired) electrons. The molecule has 2 aromatic carbocycles. The molecule has 0 aliphatic carbocycles. The van der Waals surface area contributed by atoms with Crippen LogP contribution in [0, 0.1) is 0 Å². The van der Waals surface area contributed by atoms with E-state index in [9.17, 15) is 9.90 Å². The van der Waals surface area contributed by atoms with Crippen molar-refractivity contribution < 1.29 is 19.7 Å². The Bertz CT molecular complexity index is 683. The second-order valence-corrected chi connectivity index (χ2v) is 4.14. The Morgan fingerprint density at radius 2 is 2.00 bits per heavy atom. The first-order chi connectivity index (χ1) is 10.1. The van der Waals surface area contributed by atoms with E-state index in [1.54, 1.807) is 24.3 Å². The number of aromatic hydroxyl groups is 2. The number of ether oxygens (including phenoxy) is 1. The van der Waals surface area contributed by atoms with Gasteiger partial charge in [-0.25, -0.2) is 5.43 Å². The lowest BCUT2D eigenvalue weighted by atomic mass is 10.2. The summed E-state index contributed by atoms with van der Waals surface area (Å²) < 4.78 is 5.08. The fraction of sp³-hybridized carbons (Fsp3) is 0.0667. The summed E-state index contributed by atoms with van der Waals surface area (Å²) in [4.78, 5) is 11.9. The lowest BCUT2D eigenvalue weighted by molar-refractivity contribution is 0.0952. The maximum absolute atomic E-state index is 11.9. The lowest BCUT2D eigenvalue weighted by Crippen LogP contribution is -2.18. The van der Waals surface area contributed by atoms with Gasteiger partial charge in [-0.05, 0) is 24.3 Å². The molecule has 0 bridgehead atoms. The van der Waals surface area contributed by atoms with Gasteiger partial charge in [-0.3, -0.25) is 4.79 Å². The number of methoxy groups -OCH3 is 1. The molecule has 0 atom stereocenters. The van der Waals surface area contributed by atoms with E-state index >= 15 is 0 Å². The maximum Gasteiger partial charge on any atom is 0.275 e. The van der Waals surface area contributed by atoms with Crippen LogP contribution in [0.1, 0.15) is 15.9 Å². The van der Waals surface area contributed by atoms with Crippen molar-refractivity contribution in [3.63, 3.8) is 0 Å². The van der Waals surface area contributed by atoms with Crippen LogP contribution in [0.4, 0.5) is 0 Å². The van der Waals surface area contributed by atoms with E-state index in [4.69, 9.17) is 9.84 Å². The molecule has 6 nitrogen and oxygen atoms in total. The number of amides is 1. The van der Waals surface area contributed by atoms with E-state index in [2.05, 4.69) is 10.5 Å². The Labute approximate surface area is 121 Å². The molecule has 2 aromatic rings. The van der Waals surface area contributed by atoms with Gasteiger partial charge in [-0.1, -0.05) is 12.1 Å². The molecule has 0 heterocycles. The fourth-order valence-electron chi connectivity index (χ4n) is 1.69. The number of phenolic OH excluding ortho intramolecular Hbond substituents is 2. The summed E-state index contributed by atoms with van der Waals surface area (Å²) in [6.45, 7) is 0. The molecule has 0 saturated carbocycles. The smallest absolute Gasteiger partial charge is 0.275 e. The number of nitrogens with zero attached hydrogens (tertiary/aromatic N) is 1.